The highest BCUT2D eigenvalue weighted by Gasteiger charge is 2.18. The van der Waals surface area contributed by atoms with Gasteiger partial charge < -0.3 is 20.4 Å². The molecule has 1 unspecified atom stereocenters. The Kier molecular flexibility index (Phi) is 5.42. The third-order valence-corrected chi connectivity index (χ3v) is 2.69. The number of hydrogen-bond donors (Lipinski definition) is 2. The number of hydrogen-bond acceptors (Lipinski definition) is 4. The zero-order valence-electron chi connectivity index (χ0n) is 9.19. The van der Waals surface area contributed by atoms with Crippen LogP contribution in [0.1, 0.15) is 26.2 Å². The van der Waals surface area contributed by atoms with Gasteiger partial charge in [0.25, 0.3) is 0 Å². The number of ether oxygens (including phenoxy) is 2. The standard InChI is InChI=1S/C10H20N2O3/c1-2-9(10(11)12-13)15-7-8-3-5-14-6-4-8/h8-9,13H,2-7H2,1H3,(H2,11,12). The fraction of sp³-hybridized carbons (Fsp3) is 0.900. The van der Waals surface area contributed by atoms with E-state index in [9.17, 15) is 0 Å². The molecular weight excluding hydrogens is 196 g/mol. The molecule has 15 heavy (non-hydrogen) atoms. The zero-order valence-corrected chi connectivity index (χ0v) is 9.19. The Hall–Kier alpha value is -0.810. The highest BCUT2D eigenvalue weighted by Crippen LogP contribution is 2.16. The normalized spacial score (nSPS) is 21.5. The molecule has 5 nitrogen and oxygen atoms in total. The summed E-state index contributed by atoms with van der Waals surface area (Å²) < 4.78 is 10.9. The minimum absolute atomic E-state index is 0.157. The number of nitrogens with zero attached hydrogens (tertiary/aromatic N) is 1. The fourth-order valence-electron chi connectivity index (χ4n) is 1.64. The molecule has 0 bridgehead atoms. The average molecular weight is 216 g/mol. The molecular formula is C10H20N2O3. The van der Waals surface area contributed by atoms with Crippen LogP contribution in [0.25, 0.3) is 0 Å². The van der Waals surface area contributed by atoms with Crippen LogP contribution in [0.15, 0.2) is 5.16 Å². The van der Waals surface area contributed by atoms with Crippen molar-refractivity contribution in [2.75, 3.05) is 19.8 Å². The number of nitrogens with two attached hydrogens (primary N) is 1. The molecule has 0 aliphatic carbocycles. The van der Waals surface area contributed by atoms with Crippen molar-refractivity contribution in [3.05, 3.63) is 0 Å². The quantitative estimate of drug-likeness (QED) is 0.310. The molecule has 0 radical (unpaired) electrons. The molecule has 88 valence electrons. The molecule has 0 aromatic rings. The van der Waals surface area contributed by atoms with Crippen molar-refractivity contribution in [3.63, 3.8) is 0 Å². The first kappa shape index (κ1) is 12.3. The van der Waals surface area contributed by atoms with Gasteiger partial charge in [0.1, 0.15) is 6.10 Å². The van der Waals surface area contributed by atoms with E-state index in [1.54, 1.807) is 0 Å². The monoisotopic (exact) mass is 216 g/mol. The van der Waals surface area contributed by atoms with E-state index in [0.717, 1.165) is 32.5 Å². The minimum atomic E-state index is -0.266. The second-order valence-corrected chi connectivity index (χ2v) is 3.81. The summed E-state index contributed by atoms with van der Waals surface area (Å²) in [5.41, 5.74) is 5.49. The molecule has 0 amide bonds. The van der Waals surface area contributed by atoms with E-state index in [1.807, 2.05) is 6.92 Å². The molecule has 0 aromatic carbocycles. The van der Waals surface area contributed by atoms with Gasteiger partial charge in [-0.3, -0.25) is 0 Å². The molecule has 0 aromatic heterocycles. The van der Waals surface area contributed by atoms with Crippen LogP contribution in [-0.4, -0.2) is 37.0 Å². The Labute approximate surface area is 90.2 Å². The molecule has 1 atom stereocenters. The van der Waals surface area contributed by atoms with Crippen LogP contribution in [0.2, 0.25) is 0 Å². The summed E-state index contributed by atoms with van der Waals surface area (Å²) in [6, 6.07) is 0. The van der Waals surface area contributed by atoms with Gasteiger partial charge in [-0.1, -0.05) is 12.1 Å². The molecule has 5 heteroatoms. The summed E-state index contributed by atoms with van der Waals surface area (Å²) in [5.74, 6) is 0.698. The van der Waals surface area contributed by atoms with Gasteiger partial charge in [0, 0.05) is 13.2 Å². The van der Waals surface area contributed by atoms with Crippen molar-refractivity contribution in [1.82, 2.24) is 0 Å². The van der Waals surface area contributed by atoms with Gasteiger partial charge in [-0.25, -0.2) is 0 Å². The molecule has 1 aliphatic rings. The first-order chi connectivity index (χ1) is 7.27. The maximum absolute atomic E-state index is 8.54. The second kappa shape index (κ2) is 6.63. The Balaban J connectivity index is 2.26. The maximum Gasteiger partial charge on any atom is 0.168 e. The topological polar surface area (TPSA) is 77.1 Å². The summed E-state index contributed by atoms with van der Waals surface area (Å²) in [6.45, 7) is 4.24. The van der Waals surface area contributed by atoms with E-state index in [-0.39, 0.29) is 11.9 Å². The van der Waals surface area contributed by atoms with Crippen LogP contribution >= 0.6 is 0 Å². The highest BCUT2D eigenvalue weighted by atomic mass is 16.5. The SMILES string of the molecule is CCC(OCC1CCOCC1)C(N)=NO. The van der Waals surface area contributed by atoms with E-state index in [1.165, 1.54) is 0 Å². The predicted molar refractivity (Wildman–Crippen MR) is 57.0 cm³/mol. The third-order valence-electron chi connectivity index (χ3n) is 2.69. The van der Waals surface area contributed by atoms with E-state index in [2.05, 4.69) is 5.16 Å². The smallest absolute Gasteiger partial charge is 0.168 e. The molecule has 1 rings (SSSR count). The minimum Gasteiger partial charge on any atom is -0.409 e. The first-order valence-electron chi connectivity index (χ1n) is 5.44. The highest BCUT2D eigenvalue weighted by molar-refractivity contribution is 5.84. The summed E-state index contributed by atoms with van der Waals surface area (Å²) >= 11 is 0. The van der Waals surface area contributed by atoms with E-state index < -0.39 is 0 Å². The van der Waals surface area contributed by atoms with E-state index in [4.69, 9.17) is 20.4 Å². The molecule has 0 saturated carbocycles. The number of amidine groups is 1. The lowest BCUT2D eigenvalue weighted by molar-refractivity contribution is 0.00682. The van der Waals surface area contributed by atoms with Gasteiger partial charge >= 0.3 is 0 Å². The Morgan fingerprint density at radius 1 is 1.60 bits per heavy atom. The van der Waals surface area contributed by atoms with Crippen LogP contribution in [0.3, 0.4) is 0 Å². The van der Waals surface area contributed by atoms with Crippen molar-refractivity contribution < 1.29 is 14.7 Å². The van der Waals surface area contributed by atoms with Gasteiger partial charge in [0.2, 0.25) is 0 Å². The second-order valence-electron chi connectivity index (χ2n) is 3.81. The third kappa shape index (κ3) is 4.05. The lowest BCUT2D eigenvalue weighted by Crippen LogP contribution is -2.33. The Bertz CT molecular complexity index is 203. The van der Waals surface area contributed by atoms with Crippen molar-refractivity contribution in [2.24, 2.45) is 16.8 Å². The first-order valence-corrected chi connectivity index (χ1v) is 5.44. The van der Waals surface area contributed by atoms with Crippen molar-refractivity contribution in [3.8, 4) is 0 Å². The molecule has 1 saturated heterocycles. The zero-order chi connectivity index (χ0) is 11.1. The maximum atomic E-state index is 8.54. The van der Waals surface area contributed by atoms with E-state index in [0.29, 0.717) is 12.5 Å². The molecule has 0 spiro atoms. The molecule has 1 heterocycles. The van der Waals surface area contributed by atoms with Crippen molar-refractivity contribution >= 4 is 5.84 Å². The van der Waals surface area contributed by atoms with Gasteiger partial charge in [-0.05, 0) is 25.2 Å². The van der Waals surface area contributed by atoms with Gasteiger partial charge in [0.05, 0.1) is 6.61 Å². The average Bonchev–Trinajstić information content (AvgIpc) is 2.31. The van der Waals surface area contributed by atoms with Gasteiger partial charge in [-0.15, -0.1) is 0 Å². The number of rotatable bonds is 5. The van der Waals surface area contributed by atoms with Crippen molar-refractivity contribution in [1.29, 1.82) is 0 Å². The Morgan fingerprint density at radius 3 is 2.80 bits per heavy atom. The summed E-state index contributed by atoms with van der Waals surface area (Å²) in [7, 11) is 0. The van der Waals surface area contributed by atoms with Crippen LogP contribution in [0.5, 0.6) is 0 Å². The lowest BCUT2D eigenvalue weighted by Gasteiger charge is -2.24. The van der Waals surface area contributed by atoms with Gasteiger partial charge in [-0.2, -0.15) is 0 Å². The lowest BCUT2D eigenvalue weighted by atomic mass is 10.0. The van der Waals surface area contributed by atoms with Crippen LogP contribution in [0, 0.1) is 5.92 Å². The molecule has 3 N–H and O–H groups in total. The summed E-state index contributed by atoms with van der Waals surface area (Å²) in [4.78, 5) is 0. The van der Waals surface area contributed by atoms with E-state index >= 15 is 0 Å². The summed E-state index contributed by atoms with van der Waals surface area (Å²) in [6.07, 6.45) is 2.52. The number of oxime groups is 1. The summed E-state index contributed by atoms with van der Waals surface area (Å²) in [5, 5.41) is 11.5. The largest absolute Gasteiger partial charge is 0.409 e. The fourth-order valence-corrected chi connectivity index (χ4v) is 1.64. The van der Waals surface area contributed by atoms with Crippen molar-refractivity contribution in [2.45, 2.75) is 32.3 Å². The Morgan fingerprint density at radius 2 is 2.27 bits per heavy atom. The van der Waals surface area contributed by atoms with Gasteiger partial charge in [0.15, 0.2) is 5.84 Å². The van der Waals surface area contributed by atoms with Crippen LogP contribution < -0.4 is 5.73 Å². The van der Waals surface area contributed by atoms with Crippen LogP contribution in [-0.2, 0) is 9.47 Å². The van der Waals surface area contributed by atoms with Crippen LogP contribution in [0.4, 0.5) is 0 Å². The predicted octanol–water partition coefficient (Wildman–Crippen LogP) is 0.955. The molecule has 1 fully saturated rings. The molecule has 1 aliphatic heterocycles.